The quantitative estimate of drug-likeness (QED) is 0.770. The number of aromatic nitrogens is 1. The Morgan fingerprint density at radius 1 is 1.54 bits per heavy atom. The lowest BCUT2D eigenvalue weighted by atomic mass is 9.99. The van der Waals surface area contributed by atoms with Crippen LogP contribution in [0.25, 0.3) is 0 Å². The van der Waals surface area contributed by atoms with Gasteiger partial charge in [0.25, 0.3) is 6.43 Å². The molecule has 0 spiro atoms. The van der Waals surface area contributed by atoms with Crippen LogP contribution in [0.1, 0.15) is 12.6 Å². The lowest BCUT2D eigenvalue weighted by molar-refractivity contribution is 0.0600. The van der Waals surface area contributed by atoms with Gasteiger partial charge in [0.2, 0.25) is 0 Å². The van der Waals surface area contributed by atoms with E-state index < -0.39 is 17.8 Å². The van der Waals surface area contributed by atoms with Gasteiger partial charge in [0.15, 0.2) is 0 Å². The maximum absolute atomic E-state index is 12.6. The SMILES string of the molecule is CC(N)(c1cc(F)ccn1)C(F)F. The number of rotatable bonds is 2. The van der Waals surface area contributed by atoms with Crippen molar-refractivity contribution in [2.45, 2.75) is 18.9 Å². The third kappa shape index (κ3) is 1.98. The van der Waals surface area contributed by atoms with Gasteiger partial charge in [-0.05, 0) is 19.1 Å². The molecule has 1 rings (SSSR count). The molecule has 0 saturated carbocycles. The molecule has 1 aromatic rings. The Balaban J connectivity index is 3.07. The zero-order valence-corrected chi connectivity index (χ0v) is 6.97. The van der Waals surface area contributed by atoms with Crippen molar-refractivity contribution in [1.29, 1.82) is 0 Å². The third-order valence-electron chi connectivity index (χ3n) is 1.73. The van der Waals surface area contributed by atoms with Gasteiger partial charge in [0.05, 0.1) is 5.69 Å². The molecule has 0 aliphatic heterocycles. The summed E-state index contributed by atoms with van der Waals surface area (Å²) in [7, 11) is 0. The van der Waals surface area contributed by atoms with Gasteiger partial charge in [-0.2, -0.15) is 0 Å². The lowest BCUT2D eigenvalue weighted by Crippen LogP contribution is -2.41. The minimum absolute atomic E-state index is 0.150. The molecule has 1 aromatic heterocycles. The van der Waals surface area contributed by atoms with E-state index in [2.05, 4.69) is 4.98 Å². The van der Waals surface area contributed by atoms with Crippen molar-refractivity contribution in [3.63, 3.8) is 0 Å². The highest BCUT2D eigenvalue weighted by Crippen LogP contribution is 2.23. The van der Waals surface area contributed by atoms with Crippen LogP contribution in [0, 0.1) is 5.82 Å². The van der Waals surface area contributed by atoms with Crippen LogP contribution in [-0.2, 0) is 5.54 Å². The fourth-order valence-corrected chi connectivity index (χ4v) is 0.811. The summed E-state index contributed by atoms with van der Waals surface area (Å²) in [6.07, 6.45) is -1.67. The van der Waals surface area contributed by atoms with Crippen molar-refractivity contribution in [1.82, 2.24) is 4.98 Å². The Morgan fingerprint density at radius 2 is 2.15 bits per heavy atom. The fraction of sp³-hybridized carbons (Fsp3) is 0.375. The van der Waals surface area contributed by atoms with Crippen LogP contribution < -0.4 is 5.73 Å². The maximum Gasteiger partial charge on any atom is 0.261 e. The first kappa shape index (κ1) is 9.98. The Morgan fingerprint density at radius 3 is 2.62 bits per heavy atom. The number of hydrogen-bond donors (Lipinski definition) is 1. The molecule has 1 unspecified atom stereocenters. The summed E-state index contributed by atoms with van der Waals surface area (Å²) < 4.78 is 37.3. The number of hydrogen-bond acceptors (Lipinski definition) is 2. The largest absolute Gasteiger partial charge is 0.316 e. The second-order valence-corrected chi connectivity index (χ2v) is 2.94. The Hall–Kier alpha value is -1.10. The van der Waals surface area contributed by atoms with Crippen molar-refractivity contribution >= 4 is 0 Å². The van der Waals surface area contributed by atoms with Gasteiger partial charge in [-0.25, -0.2) is 13.2 Å². The fourth-order valence-electron chi connectivity index (χ4n) is 0.811. The zero-order chi connectivity index (χ0) is 10.1. The number of halogens is 3. The summed E-state index contributed by atoms with van der Waals surface area (Å²) in [5.41, 5.74) is 3.22. The van der Waals surface area contributed by atoms with Crippen molar-refractivity contribution in [2.75, 3.05) is 0 Å². The Labute approximate surface area is 73.6 Å². The predicted molar refractivity (Wildman–Crippen MR) is 41.7 cm³/mol. The monoisotopic (exact) mass is 190 g/mol. The van der Waals surface area contributed by atoms with Gasteiger partial charge < -0.3 is 5.73 Å². The summed E-state index contributed by atoms with van der Waals surface area (Å²) in [6.45, 7) is 1.11. The van der Waals surface area contributed by atoms with E-state index in [1.54, 1.807) is 0 Å². The standard InChI is InChI=1S/C8H9F3N2/c1-8(12,7(10)11)6-4-5(9)2-3-13-6/h2-4,7H,12H2,1H3. The molecule has 0 saturated heterocycles. The average molecular weight is 190 g/mol. The van der Waals surface area contributed by atoms with E-state index in [4.69, 9.17) is 5.73 Å². The highest BCUT2D eigenvalue weighted by molar-refractivity contribution is 5.15. The molecule has 2 N–H and O–H groups in total. The molecule has 5 heteroatoms. The normalized spacial score (nSPS) is 15.8. The number of pyridine rings is 1. The molecule has 2 nitrogen and oxygen atoms in total. The van der Waals surface area contributed by atoms with E-state index >= 15 is 0 Å². The van der Waals surface area contributed by atoms with Crippen LogP contribution in [0.15, 0.2) is 18.3 Å². The predicted octanol–water partition coefficient (Wildman–Crippen LogP) is 1.66. The van der Waals surface area contributed by atoms with Crippen LogP contribution in [0.2, 0.25) is 0 Å². The Kier molecular flexibility index (Phi) is 2.56. The van der Waals surface area contributed by atoms with Crippen LogP contribution >= 0.6 is 0 Å². The minimum atomic E-state index is -2.78. The zero-order valence-electron chi connectivity index (χ0n) is 6.97. The van der Waals surface area contributed by atoms with E-state index in [0.717, 1.165) is 25.3 Å². The lowest BCUT2D eigenvalue weighted by Gasteiger charge is -2.22. The molecule has 1 atom stereocenters. The number of nitrogens with zero attached hydrogens (tertiary/aromatic N) is 1. The van der Waals surface area contributed by atoms with Crippen LogP contribution in [-0.4, -0.2) is 11.4 Å². The molecule has 0 amide bonds. The second kappa shape index (κ2) is 3.33. The average Bonchev–Trinajstić information content (AvgIpc) is 2.04. The maximum atomic E-state index is 12.6. The smallest absolute Gasteiger partial charge is 0.261 e. The third-order valence-corrected chi connectivity index (χ3v) is 1.73. The molecule has 0 aromatic carbocycles. The van der Waals surface area contributed by atoms with Gasteiger partial charge in [0, 0.05) is 6.20 Å². The molecular formula is C8H9F3N2. The van der Waals surface area contributed by atoms with Crippen molar-refractivity contribution in [3.8, 4) is 0 Å². The molecule has 0 radical (unpaired) electrons. The van der Waals surface area contributed by atoms with Gasteiger partial charge >= 0.3 is 0 Å². The minimum Gasteiger partial charge on any atom is -0.316 e. The van der Waals surface area contributed by atoms with Crippen LogP contribution in [0.3, 0.4) is 0 Å². The first-order chi connectivity index (χ1) is 5.94. The molecule has 0 aliphatic rings. The number of alkyl halides is 2. The molecule has 1 heterocycles. The molecule has 72 valence electrons. The van der Waals surface area contributed by atoms with Crippen molar-refractivity contribution in [2.24, 2.45) is 5.73 Å². The van der Waals surface area contributed by atoms with E-state index in [0.29, 0.717) is 0 Å². The topological polar surface area (TPSA) is 38.9 Å². The summed E-state index contributed by atoms with van der Waals surface area (Å²) >= 11 is 0. The molecule has 13 heavy (non-hydrogen) atoms. The van der Waals surface area contributed by atoms with E-state index in [1.807, 2.05) is 0 Å². The van der Waals surface area contributed by atoms with Gasteiger partial charge in [-0.1, -0.05) is 0 Å². The van der Waals surface area contributed by atoms with Crippen LogP contribution in [0.5, 0.6) is 0 Å². The highest BCUT2D eigenvalue weighted by atomic mass is 19.3. The molecule has 0 bridgehead atoms. The van der Waals surface area contributed by atoms with Gasteiger partial charge in [-0.15, -0.1) is 0 Å². The van der Waals surface area contributed by atoms with Crippen molar-refractivity contribution < 1.29 is 13.2 Å². The molecule has 0 aliphatic carbocycles. The number of nitrogens with two attached hydrogens (primary N) is 1. The van der Waals surface area contributed by atoms with Crippen molar-refractivity contribution in [3.05, 3.63) is 29.8 Å². The van der Waals surface area contributed by atoms with Crippen LogP contribution in [0.4, 0.5) is 13.2 Å². The first-order valence-corrected chi connectivity index (χ1v) is 3.63. The summed E-state index contributed by atoms with van der Waals surface area (Å²) in [5, 5.41) is 0. The van der Waals surface area contributed by atoms with E-state index in [-0.39, 0.29) is 5.69 Å². The van der Waals surface area contributed by atoms with E-state index in [9.17, 15) is 13.2 Å². The summed E-state index contributed by atoms with van der Waals surface area (Å²) in [6, 6.07) is 1.98. The molecule has 0 fully saturated rings. The van der Waals surface area contributed by atoms with E-state index in [1.165, 1.54) is 0 Å². The van der Waals surface area contributed by atoms with Gasteiger partial charge in [0.1, 0.15) is 11.4 Å². The Bertz CT molecular complexity index is 299. The first-order valence-electron chi connectivity index (χ1n) is 3.63. The molecular weight excluding hydrogens is 181 g/mol. The summed E-state index contributed by atoms with van der Waals surface area (Å²) in [5.74, 6) is -0.623. The second-order valence-electron chi connectivity index (χ2n) is 2.94. The summed E-state index contributed by atoms with van der Waals surface area (Å²) in [4.78, 5) is 3.59. The highest BCUT2D eigenvalue weighted by Gasteiger charge is 2.33. The van der Waals surface area contributed by atoms with Gasteiger partial charge in [-0.3, -0.25) is 4.98 Å².